The van der Waals surface area contributed by atoms with Gasteiger partial charge in [0.2, 0.25) is 0 Å². The van der Waals surface area contributed by atoms with Crippen molar-refractivity contribution in [1.29, 1.82) is 0 Å². The van der Waals surface area contributed by atoms with Gasteiger partial charge in [0, 0.05) is 27.8 Å². The first-order chi connectivity index (χ1) is 40.2. The van der Waals surface area contributed by atoms with Crippen LogP contribution in [0.1, 0.15) is 38.7 Å². The molecule has 0 unspecified atom stereocenters. The first-order valence-corrected chi connectivity index (χ1v) is 23.5. The van der Waals surface area contributed by atoms with Crippen LogP contribution in [0.4, 0.5) is 17.1 Å². The fourth-order valence-corrected chi connectivity index (χ4v) is 10.9. The van der Waals surface area contributed by atoms with E-state index in [1.807, 2.05) is 146 Å². The number of fused-ring (bicyclic) bond motifs is 9. The smallest absolute Gasteiger partial charge is 0.136 e. The van der Waals surface area contributed by atoms with E-state index in [1.165, 1.54) is 4.90 Å². The predicted molar refractivity (Wildman–Crippen MR) is 297 cm³/mol. The minimum absolute atomic E-state index is 0.00795. The maximum absolute atomic E-state index is 10.0. The summed E-state index contributed by atoms with van der Waals surface area (Å²) in [6.07, 6.45) is 0. The molecule has 1 aromatic heterocycles. The van der Waals surface area contributed by atoms with Crippen molar-refractivity contribution in [2.45, 2.75) is 5.41 Å². The van der Waals surface area contributed by atoms with Gasteiger partial charge in [0.25, 0.3) is 0 Å². The predicted octanol–water partition coefficient (Wildman–Crippen LogP) is 18.7. The number of benzene rings is 12. The summed E-state index contributed by atoms with van der Waals surface area (Å²) in [5, 5.41) is 4.61. The van der Waals surface area contributed by atoms with E-state index in [2.05, 4.69) is 30.3 Å². The molecule has 14 rings (SSSR count). The van der Waals surface area contributed by atoms with Crippen molar-refractivity contribution < 1.29 is 20.9 Å². The molecule has 332 valence electrons. The highest BCUT2D eigenvalue weighted by Gasteiger charge is 2.46. The first-order valence-electron chi connectivity index (χ1n) is 29.5. The molecule has 2 heteroatoms. The highest BCUT2D eigenvalue weighted by molar-refractivity contribution is 6.14. The monoisotopic (exact) mass is 915 g/mol. The van der Waals surface area contributed by atoms with Crippen molar-refractivity contribution in [2.75, 3.05) is 4.90 Å². The van der Waals surface area contributed by atoms with Crippen LogP contribution < -0.4 is 4.90 Å². The van der Waals surface area contributed by atoms with Gasteiger partial charge in [-0.15, -0.1) is 0 Å². The Kier molecular flexibility index (Phi) is 7.03. The average molecular weight is 916 g/mol. The summed E-state index contributed by atoms with van der Waals surface area (Å²) in [6.45, 7) is 0. The molecule has 0 N–H and O–H groups in total. The Morgan fingerprint density at radius 1 is 0.324 bits per heavy atom. The van der Waals surface area contributed by atoms with Crippen LogP contribution in [-0.4, -0.2) is 0 Å². The third kappa shape index (κ3) is 6.49. The molecule has 0 atom stereocenters. The van der Waals surface area contributed by atoms with E-state index in [0.717, 1.165) is 49.5 Å². The van der Waals surface area contributed by atoms with Crippen molar-refractivity contribution in [2.24, 2.45) is 0 Å². The van der Waals surface area contributed by atoms with Crippen molar-refractivity contribution in [3.05, 3.63) is 295 Å². The molecule has 1 aliphatic rings. The molecule has 13 aromatic rings. The Hall–Kier alpha value is -9.24. The first kappa shape index (κ1) is 30.3. The third-order valence-corrected chi connectivity index (χ3v) is 14.0. The van der Waals surface area contributed by atoms with Gasteiger partial charge >= 0.3 is 0 Å². The van der Waals surface area contributed by atoms with E-state index in [-0.39, 0.29) is 22.5 Å². The Labute approximate surface area is 429 Å². The molecule has 0 spiro atoms. The normalized spacial score (nSPS) is 15.0. The zero-order chi connectivity index (χ0) is 57.3. The largest absolute Gasteiger partial charge is 0.456 e. The van der Waals surface area contributed by atoms with Crippen molar-refractivity contribution >= 4 is 60.5 Å². The van der Waals surface area contributed by atoms with Gasteiger partial charge in [0.05, 0.1) is 21.9 Å². The molecule has 0 radical (unpaired) electrons. The van der Waals surface area contributed by atoms with Gasteiger partial charge in [-0.2, -0.15) is 0 Å². The summed E-state index contributed by atoms with van der Waals surface area (Å²) >= 11 is 0. The van der Waals surface area contributed by atoms with Crippen molar-refractivity contribution in [3.8, 4) is 44.5 Å². The van der Waals surface area contributed by atoms with E-state index in [1.54, 1.807) is 24.3 Å². The molecule has 0 saturated carbocycles. The molecule has 71 heavy (non-hydrogen) atoms. The lowest BCUT2D eigenvalue weighted by Gasteiger charge is -2.35. The number of nitrogens with zero attached hydrogens (tertiary/aromatic N) is 1. The second-order valence-corrected chi connectivity index (χ2v) is 17.8. The van der Waals surface area contributed by atoms with Crippen LogP contribution in [0.5, 0.6) is 0 Å². The fourth-order valence-electron chi connectivity index (χ4n) is 10.9. The Morgan fingerprint density at radius 3 is 1.55 bits per heavy atom. The molecular formula is C69H45NO. The third-order valence-electron chi connectivity index (χ3n) is 14.0. The van der Waals surface area contributed by atoms with Crippen LogP contribution in [0.2, 0.25) is 0 Å². The number of furan rings is 1. The van der Waals surface area contributed by atoms with Gasteiger partial charge < -0.3 is 9.32 Å². The lowest BCUT2D eigenvalue weighted by atomic mass is 9.67. The number of anilines is 3. The molecule has 2 nitrogen and oxygen atoms in total. The molecule has 0 saturated heterocycles. The Balaban J connectivity index is 1.04. The molecule has 0 bridgehead atoms. The zero-order valence-corrected chi connectivity index (χ0v) is 37.9. The van der Waals surface area contributed by atoms with Gasteiger partial charge in [0.15, 0.2) is 0 Å². The van der Waals surface area contributed by atoms with Crippen LogP contribution in [0.25, 0.3) is 88.0 Å². The molecular weight excluding hydrogens is 859 g/mol. The number of hydrogen-bond acceptors (Lipinski definition) is 2. The van der Waals surface area contributed by atoms with Crippen molar-refractivity contribution in [1.82, 2.24) is 0 Å². The molecule has 1 heterocycles. The average Bonchev–Trinajstić information content (AvgIpc) is 2.16. The summed E-state index contributed by atoms with van der Waals surface area (Å²) in [6, 6.07) is 56.4. The van der Waals surface area contributed by atoms with Gasteiger partial charge in [0.1, 0.15) is 11.2 Å². The van der Waals surface area contributed by atoms with Gasteiger partial charge in [-0.05, 0) is 143 Å². The summed E-state index contributed by atoms with van der Waals surface area (Å²) in [5.41, 5.74) is 4.74. The Bertz CT molecular complexity index is 4780. The standard InChI is InChI=1S/C69H45NO/c1-3-17-51(18-4-1)69(52-19-5-2-6-20-52)64-27-13-11-24-60(64)61-43-42-55(45-65(61)69)70(54-40-36-48(37-41-54)57-26-15-29-67-68(57)62-25-12-14-28-66(62)71-67)53-38-34-47(35-39-53)46-30-32-49(33-31-46)63-44-50-16-7-8-21-56(50)58-22-9-10-23-59(58)63/h1-45H/i30D,31D,32D,33D,34D,35D,36D,37D,38D,39D,40D,41D. The van der Waals surface area contributed by atoms with Crippen LogP contribution in [-0.2, 0) is 5.41 Å². The summed E-state index contributed by atoms with van der Waals surface area (Å²) < 4.78 is 124. The SMILES string of the molecule is [2H]c1c([2H])c(-c2cc3ccccc3c3ccccc23)c([2H])c([2H])c1-c1c([2H])c([2H])c(N(c2ccc3c(c2)C(c2ccccc2)(c2ccccc2)c2ccccc2-3)c2c([2H])c([2H])c(-c3cccc4oc5ccccc5c34)c([2H])c2[2H])c([2H])c1[2H]. The number of hydrogen-bond donors (Lipinski definition) is 0. The van der Waals surface area contributed by atoms with E-state index in [9.17, 15) is 16.4 Å². The van der Waals surface area contributed by atoms with Crippen LogP contribution in [0, 0.1) is 0 Å². The lowest BCUT2D eigenvalue weighted by Crippen LogP contribution is -2.28. The van der Waals surface area contributed by atoms with Crippen LogP contribution in [0.3, 0.4) is 0 Å². The minimum Gasteiger partial charge on any atom is -0.456 e. The summed E-state index contributed by atoms with van der Waals surface area (Å²) in [5.74, 6) is 0. The van der Waals surface area contributed by atoms with Gasteiger partial charge in [-0.1, -0.05) is 218 Å². The van der Waals surface area contributed by atoms with Crippen LogP contribution >= 0.6 is 0 Å². The molecule has 1 aliphatic carbocycles. The van der Waals surface area contributed by atoms with Crippen molar-refractivity contribution in [3.63, 3.8) is 0 Å². The second-order valence-electron chi connectivity index (χ2n) is 17.8. The highest BCUT2D eigenvalue weighted by Crippen LogP contribution is 2.57. The molecule has 0 fully saturated rings. The number of para-hydroxylation sites is 1. The minimum atomic E-state index is -0.984. The van der Waals surface area contributed by atoms with Crippen LogP contribution in [0.15, 0.2) is 277 Å². The molecule has 0 aliphatic heterocycles. The second kappa shape index (κ2) is 16.5. The lowest BCUT2D eigenvalue weighted by molar-refractivity contribution is 0.669. The maximum Gasteiger partial charge on any atom is 0.136 e. The van der Waals surface area contributed by atoms with Gasteiger partial charge in [-0.25, -0.2) is 0 Å². The van der Waals surface area contributed by atoms with Gasteiger partial charge in [-0.3, -0.25) is 0 Å². The quantitative estimate of drug-likeness (QED) is 0.141. The van der Waals surface area contributed by atoms with E-state index in [0.29, 0.717) is 38.5 Å². The summed E-state index contributed by atoms with van der Waals surface area (Å²) in [4.78, 5) is 1.27. The molecule has 0 amide bonds. The van der Waals surface area contributed by atoms with E-state index < -0.39 is 94.7 Å². The molecule has 12 aromatic carbocycles. The highest BCUT2D eigenvalue weighted by atomic mass is 16.3. The number of rotatable bonds is 8. The Morgan fingerprint density at radius 2 is 0.831 bits per heavy atom. The topological polar surface area (TPSA) is 16.4 Å². The maximum atomic E-state index is 10.0. The zero-order valence-electron chi connectivity index (χ0n) is 49.9. The fraction of sp³-hybridized carbons (Fsp3) is 0.0145. The van der Waals surface area contributed by atoms with E-state index >= 15 is 0 Å². The summed E-state index contributed by atoms with van der Waals surface area (Å²) in [7, 11) is 0. The van der Waals surface area contributed by atoms with E-state index in [4.69, 9.17) is 4.42 Å².